The Bertz CT molecular complexity index is 604. The lowest BCUT2D eigenvalue weighted by Gasteiger charge is -2.07. The van der Waals surface area contributed by atoms with Gasteiger partial charge < -0.3 is 9.73 Å². The molecular weight excluding hydrogens is 254 g/mol. The van der Waals surface area contributed by atoms with Gasteiger partial charge in [0.15, 0.2) is 16.8 Å². The third-order valence-electron chi connectivity index (χ3n) is 2.35. The minimum absolute atomic E-state index is 0.0957. The fourth-order valence-corrected chi connectivity index (χ4v) is 1.67. The monoisotopic (exact) mass is 263 g/mol. The number of carbonyl (C=O) groups excluding carboxylic acids is 2. The number of anilines is 1. The number of benzene rings is 1. The van der Waals surface area contributed by atoms with Gasteiger partial charge in [-0.05, 0) is 42.8 Å². The third-order valence-corrected chi connectivity index (χ3v) is 2.55. The van der Waals surface area contributed by atoms with E-state index in [0.29, 0.717) is 11.3 Å². The summed E-state index contributed by atoms with van der Waals surface area (Å²) in [5.74, 6) is -0.475. The third kappa shape index (κ3) is 2.60. The van der Waals surface area contributed by atoms with Crippen LogP contribution in [0.1, 0.15) is 27.8 Å². The van der Waals surface area contributed by atoms with Crippen molar-refractivity contribution in [3.8, 4) is 0 Å². The molecule has 1 aromatic carbocycles. The van der Waals surface area contributed by atoms with E-state index in [1.807, 2.05) is 0 Å². The Hall–Kier alpha value is -2.07. The van der Waals surface area contributed by atoms with Crippen LogP contribution in [0.25, 0.3) is 0 Å². The zero-order valence-corrected chi connectivity index (χ0v) is 10.3. The number of hydrogen-bond acceptors (Lipinski definition) is 3. The topological polar surface area (TPSA) is 59.3 Å². The molecule has 0 saturated heterocycles. The van der Waals surface area contributed by atoms with E-state index in [4.69, 9.17) is 16.0 Å². The van der Waals surface area contributed by atoms with Gasteiger partial charge in [0.1, 0.15) is 0 Å². The molecule has 18 heavy (non-hydrogen) atoms. The summed E-state index contributed by atoms with van der Waals surface area (Å²) in [6.07, 6.45) is 0. The first-order valence-corrected chi connectivity index (χ1v) is 5.62. The number of Topliss-reactive ketones (excluding diaryl/α,β-unsaturated/α-hetero) is 1. The van der Waals surface area contributed by atoms with Crippen molar-refractivity contribution in [3.63, 3.8) is 0 Å². The molecule has 0 bridgehead atoms. The van der Waals surface area contributed by atoms with E-state index >= 15 is 0 Å². The first-order chi connectivity index (χ1) is 8.58. The van der Waals surface area contributed by atoms with Crippen LogP contribution in [-0.2, 0) is 0 Å². The Balaban J connectivity index is 2.24. The molecular formula is C13H10ClNO3. The number of carbonyl (C=O) groups is 2. The lowest BCUT2D eigenvalue weighted by Crippen LogP contribution is -2.13. The largest absolute Gasteiger partial charge is 0.440 e. The van der Waals surface area contributed by atoms with Gasteiger partial charge in [-0.1, -0.05) is 12.1 Å². The molecule has 4 nitrogen and oxygen atoms in total. The average Bonchev–Trinajstić information content (AvgIpc) is 2.76. The number of rotatable bonds is 3. The number of amides is 1. The molecule has 2 aromatic rings. The summed E-state index contributed by atoms with van der Waals surface area (Å²) in [6, 6.07) is 9.71. The fourth-order valence-electron chi connectivity index (χ4n) is 1.52. The molecule has 1 N–H and O–H groups in total. The number of para-hydroxylation sites is 1. The maximum Gasteiger partial charge on any atom is 0.291 e. The second kappa shape index (κ2) is 5.06. The van der Waals surface area contributed by atoms with E-state index in [2.05, 4.69) is 5.32 Å². The zero-order valence-electron chi connectivity index (χ0n) is 9.57. The molecule has 0 saturated carbocycles. The lowest BCUT2D eigenvalue weighted by molar-refractivity contribution is 0.0997. The van der Waals surface area contributed by atoms with Crippen LogP contribution >= 0.6 is 11.6 Å². The molecule has 0 aliphatic heterocycles. The standard InChI is InChI=1S/C13H10ClNO3/c1-8(16)9-4-2-3-5-10(9)15-13(17)11-6-7-12(14)18-11/h2-7H,1H3,(H,15,17). The molecule has 0 fully saturated rings. The summed E-state index contributed by atoms with van der Waals surface area (Å²) in [6.45, 7) is 1.44. The smallest absolute Gasteiger partial charge is 0.291 e. The van der Waals surface area contributed by atoms with Gasteiger partial charge in [-0.2, -0.15) is 0 Å². The molecule has 0 spiro atoms. The van der Waals surface area contributed by atoms with Gasteiger partial charge in [0, 0.05) is 5.56 Å². The van der Waals surface area contributed by atoms with Crippen LogP contribution in [0.5, 0.6) is 0 Å². The number of halogens is 1. The van der Waals surface area contributed by atoms with Gasteiger partial charge in [-0.3, -0.25) is 9.59 Å². The second-order valence-corrected chi connectivity index (χ2v) is 4.03. The maximum absolute atomic E-state index is 11.8. The highest BCUT2D eigenvalue weighted by atomic mass is 35.5. The Morgan fingerprint density at radius 1 is 1.17 bits per heavy atom. The van der Waals surface area contributed by atoms with Crippen LogP contribution in [-0.4, -0.2) is 11.7 Å². The first-order valence-electron chi connectivity index (χ1n) is 5.24. The Labute approximate surface area is 109 Å². The summed E-state index contributed by atoms with van der Waals surface area (Å²) in [5.41, 5.74) is 0.894. The van der Waals surface area contributed by atoms with Gasteiger partial charge in [0.2, 0.25) is 0 Å². The van der Waals surface area contributed by atoms with Crippen LogP contribution in [0, 0.1) is 0 Å². The number of furan rings is 1. The van der Waals surface area contributed by atoms with E-state index in [-0.39, 0.29) is 16.8 Å². The van der Waals surface area contributed by atoms with Crippen molar-refractivity contribution < 1.29 is 14.0 Å². The van der Waals surface area contributed by atoms with Crippen LogP contribution in [0.2, 0.25) is 5.22 Å². The van der Waals surface area contributed by atoms with Crippen LogP contribution in [0.3, 0.4) is 0 Å². The van der Waals surface area contributed by atoms with Crippen molar-refractivity contribution in [2.24, 2.45) is 0 Å². The molecule has 0 aliphatic carbocycles. The normalized spacial score (nSPS) is 10.1. The summed E-state index contributed by atoms with van der Waals surface area (Å²) < 4.78 is 4.99. The Morgan fingerprint density at radius 2 is 1.89 bits per heavy atom. The molecule has 0 radical (unpaired) electrons. The van der Waals surface area contributed by atoms with Crippen molar-refractivity contribution in [1.29, 1.82) is 0 Å². The van der Waals surface area contributed by atoms with Crippen molar-refractivity contribution >= 4 is 29.0 Å². The molecule has 0 atom stereocenters. The number of ketones is 1. The molecule has 5 heteroatoms. The quantitative estimate of drug-likeness (QED) is 0.864. The summed E-state index contributed by atoms with van der Waals surface area (Å²) >= 11 is 5.59. The molecule has 1 amide bonds. The SMILES string of the molecule is CC(=O)c1ccccc1NC(=O)c1ccc(Cl)o1. The molecule has 1 aromatic heterocycles. The van der Waals surface area contributed by atoms with Crippen molar-refractivity contribution in [2.45, 2.75) is 6.92 Å². The van der Waals surface area contributed by atoms with Crippen molar-refractivity contribution in [3.05, 3.63) is 52.9 Å². The summed E-state index contributed by atoms with van der Waals surface area (Å²) in [4.78, 5) is 23.2. The minimum Gasteiger partial charge on any atom is -0.440 e. The predicted molar refractivity (Wildman–Crippen MR) is 68.1 cm³/mol. The van der Waals surface area contributed by atoms with Gasteiger partial charge in [0.05, 0.1) is 5.69 Å². The van der Waals surface area contributed by atoms with Crippen molar-refractivity contribution in [1.82, 2.24) is 0 Å². The van der Waals surface area contributed by atoms with Gasteiger partial charge in [0.25, 0.3) is 5.91 Å². The molecule has 92 valence electrons. The number of hydrogen-bond donors (Lipinski definition) is 1. The average molecular weight is 264 g/mol. The van der Waals surface area contributed by atoms with Gasteiger partial charge in [-0.25, -0.2) is 0 Å². The zero-order chi connectivity index (χ0) is 13.1. The van der Waals surface area contributed by atoms with E-state index < -0.39 is 5.91 Å². The molecule has 0 unspecified atom stereocenters. The maximum atomic E-state index is 11.8. The van der Waals surface area contributed by atoms with Crippen LogP contribution in [0.4, 0.5) is 5.69 Å². The molecule has 0 aliphatic rings. The first kappa shape index (κ1) is 12.4. The lowest BCUT2D eigenvalue weighted by atomic mass is 10.1. The van der Waals surface area contributed by atoms with E-state index in [0.717, 1.165) is 0 Å². The van der Waals surface area contributed by atoms with Crippen molar-refractivity contribution in [2.75, 3.05) is 5.32 Å². The Kier molecular flexibility index (Phi) is 3.48. The van der Waals surface area contributed by atoms with E-state index in [1.165, 1.54) is 19.1 Å². The summed E-state index contributed by atoms with van der Waals surface area (Å²) in [5, 5.41) is 2.75. The van der Waals surface area contributed by atoms with E-state index in [9.17, 15) is 9.59 Å². The molecule has 1 heterocycles. The number of nitrogens with one attached hydrogen (secondary N) is 1. The minimum atomic E-state index is -0.449. The Morgan fingerprint density at radius 3 is 2.50 bits per heavy atom. The highest BCUT2D eigenvalue weighted by Crippen LogP contribution is 2.18. The fraction of sp³-hybridized carbons (Fsp3) is 0.0769. The van der Waals surface area contributed by atoms with Crippen LogP contribution < -0.4 is 5.32 Å². The van der Waals surface area contributed by atoms with Gasteiger partial charge >= 0.3 is 0 Å². The van der Waals surface area contributed by atoms with Gasteiger partial charge in [-0.15, -0.1) is 0 Å². The predicted octanol–water partition coefficient (Wildman–Crippen LogP) is 3.39. The second-order valence-electron chi connectivity index (χ2n) is 3.66. The highest BCUT2D eigenvalue weighted by Gasteiger charge is 2.13. The molecule has 2 rings (SSSR count). The highest BCUT2D eigenvalue weighted by molar-refractivity contribution is 6.29. The summed E-state index contributed by atoms with van der Waals surface area (Å²) in [7, 11) is 0. The van der Waals surface area contributed by atoms with Crippen LogP contribution in [0.15, 0.2) is 40.8 Å². The van der Waals surface area contributed by atoms with E-state index in [1.54, 1.807) is 24.3 Å².